The smallest absolute Gasteiger partial charge is 0.355 e. The lowest BCUT2D eigenvalue weighted by atomic mass is 10.00. The lowest BCUT2D eigenvalue weighted by Gasteiger charge is -2.07. The van der Waals surface area contributed by atoms with Gasteiger partial charge in [-0.05, 0) is 29.4 Å². The maximum Gasteiger partial charge on any atom is 0.355 e. The molecule has 1 saturated carbocycles. The zero-order chi connectivity index (χ0) is 18.0. The molecule has 1 aliphatic rings. The van der Waals surface area contributed by atoms with Crippen molar-refractivity contribution in [3.8, 4) is 0 Å². The minimum Gasteiger partial charge on any atom is -0.476 e. The molecule has 3 rings (SSSR count). The van der Waals surface area contributed by atoms with Gasteiger partial charge in [-0.25, -0.2) is 9.78 Å². The summed E-state index contributed by atoms with van der Waals surface area (Å²) in [5.41, 5.74) is 2.61. The summed E-state index contributed by atoms with van der Waals surface area (Å²) in [5.74, 6) is -0.0564. The molecule has 6 heteroatoms. The van der Waals surface area contributed by atoms with E-state index in [-0.39, 0.29) is 17.5 Å². The molecule has 2 N–H and O–H groups in total. The Labute approximate surface area is 151 Å². The molecule has 1 aliphatic carbocycles. The zero-order valence-corrected chi connectivity index (χ0v) is 15.2. The average Bonchev–Trinajstić information content (AvgIpc) is 3.25. The number of aromatic carboxylic acids is 1. The number of benzene rings is 1. The number of nitrogens with one attached hydrogen (secondary N) is 1. The Kier molecular flexibility index (Phi) is 5.18. The van der Waals surface area contributed by atoms with Crippen LogP contribution in [0, 0.1) is 5.92 Å². The fourth-order valence-corrected chi connectivity index (χ4v) is 3.70. The highest BCUT2D eigenvalue weighted by atomic mass is 32.1. The second-order valence-corrected chi connectivity index (χ2v) is 7.69. The summed E-state index contributed by atoms with van der Waals surface area (Å²) < 4.78 is 0. The average molecular weight is 358 g/mol. The van der Waals surface area contributed by atoms with Crippen molar-refractivity contribution >= 4 is 23.2 Å². The third kappa shape index (κ3) is 4.25. The SMILES string of the molecule is CC(C)c1ccc(C2CC2C(=O)NCCc2nc(C(=O)O)cs2)cc1. The molecule has 0 aliphatic heterocycles. The molecule has 5 nitrogen and oxygen atoms in total. The van der Waals surface area contributed by atoms with Gasteiger partial charge < -0.3 is 10.4 Å². The summed E-state index contributed by atoms with van der Waals surface area (Å²) in [5, 5.41) is 14.0. The highest BCUT2D eigenvalue weighted by Gasteiger charge is 2.43. The van der Waals surface area contributed by atoms with Gasteiger partial charge in [0.25, 0.3) is 0 Å². The normalized spacial score (nSPS) is 19.0. The fourth-order valence-electron chi connectivity index (χ4n) is 2.93. The highest BCUT2D eigenvalue weighted by Crippen LogP contribution is 2.47. The van der Waals surface area contributed by atoms with Gasteiger partial charge in [0.1, 0.15) is 0 Å². The van der Waals surface area contributed by atoms with Crippen molar-refractivity contribution < 1.29 is 14.7 Å². The van der Waals surface area contributed by atoms with Crippen LogP contribution < -0.4 is 5.32 Å². The number of nitrogens with zero attached hydrogens (tertiary/aromatic N) is 1. The third-order valence-corrected chi connectivity index (χ3v) is 5.48. The monoisotopic (exact) mass is 358 g/mol. The van der Waals surface area contributed by atoms with E-state index in [0.717, 1.165) is 11.4 Å². The van der Waals surface area contributed by atoms with Crippen molar-refractivity contribution in [2.75, 3.05) is 6.54 Å². The van der Waals surface area contributed by atoms with Crippen LogP contribution in [0.2, 0.25) is 0 Å². The Morgan fingerprint density at radius 1 is 1.32 bits per heavy atom. The molecule has 2 atom stereocenters. The predicted molar refractivity (Wildman–Crippen MR) is 97.2 cm³/mol. The largest absolute Gasteiger partial charge is 0.476 e. The number of hydrogen-bond donors (Lipinski definition) is 2. The van der Waals surface area contributed by atoms with Crippen molar-refractivity contribution in [1.82, 2.24) is 10.3 Å². The van der Waals surface area contributed by atoms with E-state index in [9.17, 15) is 9.59 Å². The zero-order valence-electron chi connectivity index (χ0n) is 14.4. The van der Waals surface area contributed by atoms with Crippen molar-refractivity contribution in [3.05, 3.63) is 51.5 Å². The molecular formula is C19H22N2O3S. The Balaban J connectivity index is 1.46. The first-order chi connectivity index (χ1) is 12.0. The van der Waals surface area contributed by atoms with Crippen LogP contribution >= 0.6 is 11.3 Å². The summed E-state index contributed by atoms with van der Waals surface area (Å²) in [6.07, 6.45) is 1.46. The van der Waals surface area contributed by atoms with Gasteiger partial charge >= 0.3 is 5.97 Å². The molecule has 0 spiro atoms. The topological polar surface area (TPSA) is 79.3 Å². The predicted octanol–water partition coefficient (Wildman–Crippen LogP) is 3.43. The molecule has 2 aromatic rings. The van der Waals surface area contributed by atoms with Crippen LogP contribution in [0.25, 0.3) is 0 Å². The minimum atomic E-state index is -1.02. The quantitative estimate of drug-likeness (QED) is 0.795. The number of rotatable bonds is 7. The van der Waals surface area contributed by atoms with Crippen molar-refractivity contribution in [2.24, 2.45) is 5.92 Å². The molecule has 0 saturated heterocycles. The summed E-state index contributed by atoms with van der Waals surface area (Å²) >= 11 is 1.31. The van der Waals surface area contributed by atoms with E-state index in [1.807, 2.05) is 0 Å². The number of carboxylic acid groups (broad SMARTS) is 1. The maximum atomic E-state index is 12.2. The van der Waals surface area contributed by atoms with Crippen LogP contribution in [0.1, 0.15) is 58.7 Å². The van der Waals surface area contributed by atoms with Gasteiger partial charge in [0.2, 0.25) is 5.91 Å². The molecule has 0 bridgehead atoms. The number of amides is 1. The molecule has 1 aromatic heterocycles. The molecule has 25 heavy (non-hydrogen) atoms. The minimum absolute atomic E-state index is 0.0516. The number of carbonyl (C=O) groups is 2. The van der Waals surface area contributed by atoms with E-state index in [1.165, 1.54) is 27.8 Å². The van der Waals surface area contributed by atoms with Gasteiger partial charge in [-0.15, -0.1) is 11.3 Å². The highest BCUT2D eigenvalue weighted by molar-refractivity contribution is 7.09. The van der Waals surface area contributed by atoms with E-state index in [4.69, 9.17) is 5.11 Å². The van der Waals surface area contributed by atoms with Crippen LogP contribution in [-0.2, 0) is 11.2 Å². The van der Waals surface area contributed by atoms with Gasteiger partial charge in [-0.2, -0.15) is 0 Å². The maximum absolute atomic E-state index is 12.2. The Morgan fingerprint density at radius 2 is 2.04 bits per heavy atom. The van der Waals surface area contributed by atoms with Gasteiger partial charge in [-0.1, -0.05) is 38.1 Å². The lowest BCUT2D eigenvalue weighted by molar-refractivity contribution is -0.122. The van der Waals surface area contributed by atoms with Gasteiger partial charge in [0.15, 0.2) is 5.69 Å². The summed E-state index contributed by atoms with van der Waals surface area (Å²) in [6.45, 7) is 4.83. The molecule has 2 unspecified atom stereocenters. The third-order valence-electron chi connectivity index (χ3n) is 4.57. The Bertz CT molecular complexity index is 767. The van der Waals surface area contributed by atoms with E-state index in [1.54, 1.807) is 0 Å². The first kappa shape index (κ1) is 17.6. The van der Waals surface area contributed by atoms with E-state index < -0.39 is 5.97 Å². The van der Waals surface area contributed by atoms with Crippen LogP contribution in [0.4, 0.5) is 0 Å². The molecular weight excluding hydrogens is 336 g/mol. The van der Waals surface area contributed by atoms with Crippen molar-refractivity contribution in [3.63, 3.8) is 0 Å². The number of carboxylic acids is 1. The fraction of sp³-hybridized carbons (Fsp3) is 0.421. The van der Waals surface area contributed by atoms with Crippen molar-refractivity contribution in [1.29, 1.82) is 0 Å². The Hall–Kier alpha value is -2.21. The summed E-state index contributed by atoms with van der Waals surface area (Å²) in [4.78, 5) is 27.1. The van der Waals surface area contributed by atoms with Crippen LogP contribution in [0.5, 0.6) is 0 Å². The summed E-state index contributed by atoms with van der Waals surface area (Å²) in [6, 6.07) is 8.57. The first-order valence-corrected chi connectivity index (χ1v) is 9.39. The number of hydrogen-bond acceptors (Lipinski definition) is 4. The first-order valence-electron chi connectivity index (χ1n) is 8.51. The number of thiazole rings is 1. The lowest BCUT2D eigenvalue weighted by Crippen LogP contribution is -2.27. The molecule has 132 valence electrons. The molecule has 1 amide bonds. The standard InChI is InChI=1S/C19H22N2O3S/c1-11(2)12-3-5-13(6-4-12)14-9-15(14)18(22)20-8-7-17-21-16(10-25-17)19(23)24/h3-6,10-11,14-15H,7-9H2,1-2H3,(H,20,22)(H,23,24). The number of aromatic nitrogens is 1. The second kappa shape index (κ2) is 7.35. The summed E-state index contributed by atoms with van der Waals surface area (Å²) in [7, 11) is 0. The van der Waals surface area contributed by atoms with Gasteiger partial charge in [-0.3, -0.25) is 4.79 Å². The molecule has 1 heterocycles. The van der Waals surface area contributed by atoms with Gasteiger partial charge in [0, 0.05) is 24.3 Å². The van der Waals surface area contributed by atoms with Crippen LogP contribution in [-0.4, -0.2) is 28.5 Å². The molecule has 1 fully saturated rings. The number of carbonyl (C=O) groups excluding carboxylic acids is 1. The molecule has 0 radical (unpaired) electrons. The van der Waals surface area contributed by atoms with E-state index in [0.29, 0.717) is 24.8 Å². The van der Waals surface area contributed by atoms with Crippen LogP contribution in [0.3, 0.4) is 0 Å². The Morgan fingerprint density at radius 3 is 2.64 bits per heavy atom. The van der Waals surface area contributed by atoms with Gasteiger partial charge in [0.05, 0.1) is 5.01 Å². The van der Waals surface area contributed by atoms with Crippen molar-refractivity contribution in [2.45, 2.75) is 38.5 Å². The molecule has 1 aromatic carbocycles. The van der Waals surface area contributed by atoms with E-state index in [2.05, 4.69) is 48.4 Å². The second-order valence-electron chi connectivity index (χ2n) is 6.74. The van der Waals surface area contributed by atoms with E-state index >= 15 is 0 Å². The van der Waals surface area contributed by atoms with Crippen LogP contribution in [0.15, 0.2) is 29.6 Å².